The van der Waals surface area contributed by atoms with E-state index in [0.717, 1.165) is 6.42 Å². The molecule has 0 spiro atoms. The zero-order valence-electron chi connectivity index (χ0n) is 16.6. The van der Waals surface area contributed by atoms with E-state index in [0.29, 0.717) is 24.4 Å². The molecule has 0 radical (unpaired) electrons. The van der Waals surface area contributed by atoms with Crippen LogP contribution >= 0.6 is 0 Å². The minimum absolute atomic E-state index is 0.0534. The largest absolute Gasteiger partial charge is 0.345 e. The maximum Gasteiger partial charge on any atom is 0.345 e. The summed E-state index contributed by atoms with van der Waals surface area (Å²) < 4.78 is 30.6. The van der Waals surface area contributed by atoms with E-state index in [1.54, 1.807) is 11.6 Å². The van der Waals surface area contributed by atoms with Gasteiger partial charge < -0.3 is 0 Å². The molecule has 28 heavy (non-hydrogen) atoms. The number of sulfonamides is 1. The zero-order valence-corrected chi connectivity index (χ0v) is 17.4. The van der Waals surface area contributed by atoms with Gasteiger partial charge in [0.1, 0.15) is 5.82 Å². The quantitative estimate of drug-likeness (QED) is 0.707. The number of aryl methyl sites for hydroxylation is 1. The number of hydrogen-bond donors (Lipinski definition) is 0. The highest BCUT2D eigenvalue weighted by Crippen LogP contribution is 2.30. The van der Waals surface area contributed by atoms with Crippen LogP contribution in [-0.2, 0) is 17.1 Å². The normalized spacial score (nSPS) is 18.5. The fourth-order valence-corrected chi connectivity index (χ4v) is 5.17. The van der Waals surface area contributed by atoms with Gasteiger partial charge in [0.15, 0.2) is 5.78 Å². The smallest absolute Gasteiger partial charge is 0.295 e. The lowest BCUT2D eigenvalue weighted by molar-refractivity contribution is 0.101. The number of hydrogen-bond acceptors (Lipinski definition) is 5. The number of nitrogens with zero attached hydrogens (tertiary/aromatic N) is 4. The average Bonchev–Trinajstić information content (AvgIpc) is 2.97. The monoisotopic (exact) mass is 406 g/mol. The molecular formula is C19H26N4O4S. The highest BCUT2D eigenvalue weighted by atomic mass is 32.2. The minimum atomic E-state index is -3.68. The topological polar surface area (TPSA) is 94.3 Å². The number of Topliss-reactive ketones (excluding diaryl/α,β-unsaturated/α-hetero) is 1. The Kier molecular flexibility index (Phi) is 5.58. The molecule has 2 aromatic rings. The number of rotatable bonds is 5. The Morgan fingerprint density at radius 2 is 1.86 bits per heavy atom. The molecule has 0 amide bonds. The summed E-state index contributed by atoms with van der Waals surface area (Å²) in [6.07, 6.45) is 1.47. The van der Waals surface area contributed by atoms with Crippen LogP contribution in [0.3, 0.4) is 0 Å². The van der Waals surface area contributed by atoms with Gasteiger partial charge in [-0.2, -0.15) is 9.40 Å². The molecule has 1 aliphatic heterocycles. The van der Waals surface area contributed by atoms with E-state index in [2.05, 4.69) is 5.10 Å². The summed E-state index contributed by atoms with van der Waals surface area (Å²) in [4.78, 5) is 24.0. The third-order valence-corrected chi connectivity index (χ3v) is 7.03. The Hall–Kier alpha value is -2.26. The summed E-state index contributed by atoms with van der Waals surface area (Å²) in [5.41, 5.74) is 0.287. The lowest BCUT2D eigenvalue weighted by Gasteiger charge is -2.31. The van der Waals surface area contributed by atoms with Crippen molar-refractivity contribution < 1.29 is 13.2 Å². The lowest BCUT2D eigenvalue weighted by Crippen LogP contribution is -2.40. The van der Waals surface area contributed by atoms with Crippen LogP contribution in [0.25, 0.3) is 0 Å². The van der Waals surface area contributed by atoms with Crippen LogP contribution in [0.15, 0.2) is 34.0 Å². The third kappa shape index (κ3) is 3.68. The number of carbonyl (C=O) groups excluding carboxylic acids is 1. The molecule has 1 atom stereocenters. The summed E-state index contributed by atoms with van der Waals surface area (Å²) in [6.45, 7) is 5.98. The molecular weight excluding hydrogens is 380 g/mol. The molecule has 152 valence electrons. The van der Waals surface area contributed by atoms with Crippen molar-refractivity contribution in [3.8, 4) is 0 Å². The van der Waals surface area contributed by atoms with E-state index in [-0.39, 0.29) is 34.9 Å². The molecule has 0 N–H and O–H groups in total. The van der Waals surface area contributed by atoms with E-state index >= 15 is 0 Å². The molecule has 0 aliphatic carbocycles. The first-order valence-corrected chi connectivity index (χ1v) is 10.8. The summed E-state index contributed by atoms with van der Waals surface area (Å²) >= 11 is 0. The predicted molar refractivity (Wildman–Crippen MR) is 105 cm³/mol. The van der Waals surface area contributed by atoms with Crippen molar-refractivity contribution in [2.75, 3.05) is 13.1 Å². The van der Waals surface area contributed by atoms with E-state index in [1.165, 1.54) is 40.2 Å². The molecule has 0 saturated carbocycles. The van der Waals surface area contributed by atoms with Crippen LogP contribution in [0.5, 0.6) is 0 Å². The zero-order chi connectivity index (χ0) is 20.6. The van der Waals surface area contributed by atoms with Crippen molar-refractivity contribution in [3.63, 3.8) is 0 Å². The molecule has 3 rings (SSSR count). The second-order valence-corrected chi connectivity index (χ2v) is 9.45. The van der Waals surface area contributed by atoms with Gasteiger partial charge >= 0.3 is 5.69 Å². The van der Waals surface area contributed by atoms with Crippen molar-refractivity contribution in [2.24, 2.45) is 7.05 Å². The maximum absolute atomic E-state index is 13.1. The average molecular weight is 407 g/mol. The second-order valence-electron chi connectivity index (χ2n) is 7.51. The Balaban J connectivity index is 1.90. The van der Waals surface area contributed by atoms with Gasteiger partial charge in [-0.25, -0.2) is 17.9 Å². The first kappa shape index (κ1) is 20.5. The second kappa shape index (κ2) is 7.63. The van der Waals surface area contributed by atoms with Crippen LogP contribution in [0.4, 0.5) is 0 Å². The van der Waals surface area contributed by atoms with Gasteiger partial charge in [-0.15, -0.1) is 0 Å². The third-order valence-electron chi connectivity index (χ3n) is 5.15. The molecule has 8 nitrogen and oxygen atoms in total. The Labute approximate surface area is 164 Å². The van der Waals surface area contributed by atoms with Crippen LogP contribution in [0.1, 0.15) is 61.8 Å². The SMILES string of the molecule is CC(=O)c1ccc(S(=O)(=O)N2CCCC(c3nn(C)c(=O)n3C(C)C)C2)cc1. The van der Waals surface area contributed by atoms with Crippen LogP contribution in [0.2, 0.25) is 0 Å². The molecule has 0 bridgehead atoms. The molecule has 1 fully saturated rings. The van der Waals surface area contributed by atoms with Crippen LogP contribution in [0, 0.1) is 0 Å². The van der Waals surface area contributed by atoms with Crippen molar-refractivity contribution >= 4 is 15.8 Å². The fraction of sp³-hybridized carbons (Fsp3) is 0.526. The van der Waals surface area contributed by atoms with Gasteiger partial charge in [0, 0.05) is 37.7 Å². The number of ketones is 1. The number of piperidine rings is 1. The molecule has 9 heteroatoms. The van der Waals surface area contributed by atoms with Crippen molar-refractivity contribution in [1.29, 1.82) is 0 Å². The Bertz CT molecular complexity index is 1030. The van der Waals surface area contributed by atoms with Gasteiger partial charge in [0.2, 0.25) is 10.0 Å². The van der Waals surface area contributed by atoms with E-state index < -0.39 is 10.0 Å². The van der Waals surface area contributed by atoms with Gasteiger partial charge in [0.25, 0.3) is 0 Å². The lowest BCUT2D eigenvalue weighted by atomic mass is 9.98. The first-order chi connectivity index (χ1) is 13.1. The highest BCUT2D eigenvalue weighted by molar-refractivity contribution is 7.89. The number of carbonyl (C=O) groups is 1. The predicted octanol–water partition coefficient (Wildman–Crippen LogP) is 1.93. The Morgan fingerprint density at radius 3 is 2.43 bits per heavy atom. The van der Waals surface area contributed by atoms with Crippen molar-refractivity contribution in [2.45, 2.75) is 50.5 Å². The Morgan fingerprint density at radius 1 is 1.21 bits per heavy atom. The minimum Gasteiger partial charge on any atom is -0.295 e. The van der Waals surface area contributed by atoms with Gasteiger partial charge in [0.05, 0.1) is 4.90 Å². The van der Waals surface area contributed by atoms with Crippen molar-refractivity contribution in [3.05, 3.63) is 46.1 Å². The van der Waals surface area contributed by atoms with Gasteiger partial charge in [-0.1, -0.05) is 12.1 Å². The van der Waals surface area contributed by atoms with Gasteiger partial charge in [-0.05, 0) is 45.7 Å². The van der Waals surface area contributed by atoms with E-state index in [1.807, 2.05) is 13.8 Å². The summed E-state index contributed by atoms with van der Waals surface area (Å²) in [7, 11) is -2.07. The summed E-state index contributed by atoms with van der Waals surface area (Å²) in [6, 6.07) is 5.96. The fourth-order valence-electron chi connectivity index (χ4n) is 3.64. The highest BCUT2D eigenvalue weighted by Gasteiger charge is 2.34. The van der Waals surface area contributed by atoms with Crippen LogP contribution < -0.4 is 5.69 Å². The molecule has 2 heterocycles. The first-order valence-electron chi connectivity index (χ1n) is 9.39. The van der Waals surface area contributed by atoms with E-state index in [9.17, 15) is 18.0 Å². The van der Waals surface area contributed by atoms with E-state index in [4.69, 9.17) is 0 Å². The maximum atomic E-state index is 13.1. The van der Waals surface area contributed by atoms with Crippen molar-refractivity contribution in [1.82, 2.24) is 18.7 Å². The number of aromatic nitrogens is 3. The van der Waals surface area contributed by atoms with Crippen LogP contribution in [-0.4, -0.2) is 45.9 Å². The molecule has 1 aromatic carbocycles. The summed E-state index contributed by atoms with van der Waals surface area (Å²) in [5, 5.41) is 4.38. The molecule has 1 aliphatic rings. The van der Waals surface area contributed by atoms with Gasteiger partial charge in [-0.3, -0.25) is 9.36 Å². The molecule has 1 aromatic heterocycles. The molecule has 1 unspecified atom stereocenters. The molecule has 1 saturated heterocycles. The standard InChI is InChI=1S/C19H26N4O4S/c1-13(2)23-18(20-21(4)19(23)25)16-6-5-11-22(12-16)28(26,27)17-9-7-15(8-10-17)14(3)24/h7-10,13,16H,5-6,11-12H2,1-4H3. The summed E-state index contributed by atoms with van der Waals surface area (Å²) in [5.74, 6) is 0.384. The number of benzene rings is 1.